The Labute approximate surface area is 219 Å². The molecule has 2 heterocycles. The van der Waals surface area contributed by atoms with Crippen LogP contribution in [0.4, 0.5) is 28.4 Å². The van der Waals surface area contributed by atoms with Gasteiger partial charge in [0.1, 0.15) is 22.9 Å². The van der Waals surface area contributed by atoms with E-state index >= 15 is 4.39 Å². The summed E-state index contributed by atoms with van der Waals surface area (Å²) in [5.74, 6) is -1.35. The number of nitrogens with one attached hydrogen (secondary N) is 1. The number of rotatable bonds is 9. The summed E-state index contributed by atoms with van der Waals surface area (Å²) in [6.45, 7) is 1.24. The molecule has 0 aliphatic heterocycles. The van der Waals surface area contributed by atoms with Crippen LogP contribution < -0.4 is 20.5 Å². The topological polar surface area (TPSA) is 106 Å². The van der Waals surface area contributed by atoms with Gasteiger partial charge >= 0.3 is 6.01 Å². The van der Waals surface area contributed by atoms with Crippen molar-refractivity contribution >= 4 is 43.1 Å². The predicted molar refractivity (Wildman–Crippen MR) is 138 cm³/mol. The van der Waals surface area contributed by atoms with Crippen molar-refractivity contribution in [3.8, 4) is 29.0 Å². The van der Waals surface area contributed by atoms with Crippen molar-refractivity contribution < 1.29 is 27.0 Å². The molecule has 12 heteroatoms. The molecule has 38 heavy (non-hydrogen) atoms. The molecular weight excluding hydrogens is 522 g/mol. The number of thiophene rings is 1. The summed E-state index contributed by atoms with van der Waals surface area (Å²) in [7, 11) is 1.28. The van der Waals surface area contributed by atoms with Crippen LogP contribution in [0.15, 0.2) is 12.1 Å². The zero-order valence-electron chi connectivity index (χ0n) is 20.5. The third-order valence-electron chi connectivity index (χ3n) is 6.66. The standard InChI is InChI=1S/C26H23F4N5O2S/c1-3-11(9-31)6-7-37-22-13-8-14-18-12(4-5-15(27)23(18)38-24(14)32)17(13)20(30)21-19(22)25(33-10-16(28)29)35-26(34-21)36-2/h4-5,11,16H,3,6-8,10,32H2,1-2H3,(H,33,34,35). The average Bonchev–Trinajstić information content (AvgIpc) is 3.25. The van der Waals surface area contributed by atoms with Crippen LogP contribution in [0.5, 0.6) is 11.8 Å². The van der Waals surface area contributed by atoms with E-state index in [0.29, 0.717) is 44.6 Å². The predicted octanol–water partition coefficient (Wildman–Crippen LogP) is 6.28. The van der Waals surface area contributed by atoms with Crippen molar-refractivity contribution in [1.82, 2.24) is 9.97 Å². The van der Waals surface area contributed by atoms with E-state index in [4.69, 9.17) is 15.2 Å². The van der Waals surface area contributed by atoms with Gasteiger partial charge in [-0.25, -0.2) is 17.6 Å². The fourth-order valence-corrected chi connectivity index (χ4v) is 5.82. The minimum absolute atomic E-state index is 0.0725. The van der Waals surface area contributed by atoms with Crippen LogP contribution in [0.3, 0.4) is 0 Å². The molecule has 3 N–H and O–H groups in total. The van der Waals surface area contributed by atoms with Gasteiger partial charge in [-0.15, -0.1) is 11.3 Å². The molecule has 0 amide bonds. The third-order valence-corrected chi connectivity index (χ3v) is 7.73. The van der Waals surface area contributed by atoms with Crippen LogP contribution in [0, 0.1) is 28.9 Å². The molecule has 0 fully saturated rings. The highest BCUT2D eigenvalue weighted by atomic mass is 32.1. The summed E-state index contributed by atoms with van der Waals surface area (Å²) in [5.41, 5.74) is 7.71. The Bertz CT molecular complexity index is 1600. The summed E-state index contributed by atoms with van der Waals surface area (Å²) >= 11 is 1.08. The molecule has 4 aromatic rings. The molecule has 5 rings (SSSR count). The maximum Gasteiger partial charge on any atom is 0.318 e. The van der Waals surface area contributed by atoms with Gasteiger partial charge < -0.3 is 20.5 Å². The molecular formula is C26H23F4N5O2S. The second-order valence-corrected chi connectivity index (χ2v) is 9.90. The minimum atomic E-state index is -2.71. The first-order chi connectivity index (χ1) is 18.3. The molecule has 1 unspecified atom stereocenters. The fourth-order valence-electron chi connectivity index (χ4n) is 4.81. The number of nitriles is 1. The Morgan fingerprint density at radius 1 is 1.21 bits per heavy atom. The molecule has 0 bridgehead atoms. The number of methoxy groups -OCH3 is 1. The number of anilines is 2. The first-order valence-corrected chi connectivity index (χ1v) is 12.7. The van der Waals surface area contributed by atoms with Gasteiger partial charge in [-0.3, -0.25) is 0 Å². The van der Waals surface area contributed by atoms with E-state index in [1.54, 1.807) is 0 Å². The second-order valence-electron chi connectivity index (χ2n) is 8.84. The van der Waals surface area contributed by atoms with Gasteiger partial charge in [0.15, 0.2) is 5.82 Å². The fraction of sp³-hybridized carbons (Fsp3) is 0.346. The first-order valence-electron chi connectivity index (χ1n) is 11.9. The van der Waals surface area contributed by atoms with Crippen LogP contribution in [-0.2, 0) is 6.42 Å². The number of nitrogen functional groups attached to an aromatic ring is 1. The molecule has 0 saturated carbocycles. The summed E-state index contributed by atoms with van der Waals surface area (Å²) < 4.78 is 69.0. The number of aromatic nitrogens is 2. The number of hydrogen-bond acceptors (Lipinski definition) is 8. The number of halogens is 4. The van der Waals surface area contributed by atoms with Gasteiger partial charge in [-0.05, 0) is 30.0 Å². The Morgan fingerprint density at radius 2 is 2.00 bits per heavy atom. The van der Waals surface area contributed by atoms with E-state index in [-0.39, 0.29) is 53.0 Å². The summed E-state index contributed by atoms with van der Waals surface area (Å²) in [6.07, 6.45) is -1.58. The Kier molecular flexibility index (Phi) is 6.88. The molecule has 1 atom stereocenters. The zero-order valence-corrected chi connectivity index (χ0v) is 21.3. The highest BCUT2D eigenvalue weighted by molar-refractivity contribution is 7.23. The second kappa shape index (κ2) is 10.1. The maximum atomic E-state index is 16.4. The van der Waals surface area contributed by atoms with Crippen molar-refractivity contribution in [3.05, 3.63) is 34.9 Å². The Hall–Kier alpha value is -3.85. The normalized spacial score (nSPS) is 13.0. The quantitative estimate of drug-likeness (QED) is 0.210. The lowest BCUT2D eigenvalue weighted by Gasteiger charge is -2.25. The van der Waals surface area contributed by atoms with Crippen molar-refractivity contribution in [2.24, 2.45) is 5.92 Å². The number of alkyl halides is 2. The lowest BCUT2D eigenvalue weighted by Crippen LogP contribution is -2.15. The van der Waals surface area contributed by atoms with E-state index in [0.717, 1.165) is 11.3 Å². The molecule has 1 aliphatic rings. The van der Waals surface area contributed by atoms with E-state index in [2.05, 4.69) is 21.4 Å². The number of nitrogens with zero attached hydrogens (tertiary/aromatic N) is 3. The average molecular weight is 546 g/mol. The van der Waals surface area contributed by atoms with Crippen LogP contribution >= 0.6 is 11.3 Å². The molecule has 2 aromatic heterocycles. The lowest BCUT2D eigenvalue weighted by atomic mass is 9.84. The van der Waals surface area contributed by atoms with Gasteiger partial charge in [0, 0.05) is 28.9 Å². The summed E-state index contributed by atoms with van der Waals surface area (Å²) in [6, 6.07) is 4.73. The van der Waals surface area contributed by atoms with E-state index < -0.39 is 24.6 Å². The lowest BCUT2D eigenvalue weighted by molar-refractivity contribution is 0.163. The van der Waals surface area contributed by atoms with Gasteiger partial charge in [0.05, 0.1) is 41.4 Å². The number of benzene rings is 2. The third kappa shape index (κ3) is 4.20. The molecule has 7 nitrogen and oxygen atoms in total. The molecule has 0 saturated heterocycles. The van der Waals surface area contributed by atoms with Crippen molar-refractivity contribution in [3.63, 3.8) is 0 Å². The molecule has 198 valence electrons. The first kappa shape index (κ1) is 25.8. The van der Waals surface area contributed by atoms with Crippen molar-refractivity contribution in [2.45, 2.75) is 32.6 Å². The highest BCUT2D eigenvalue weighted by Gasteiger charge is 2.33. The largest absolute Gasteiger partial charge is 0.492 e. The summed E-state index contributed by atoms with van der Waals surface area (Å²) in [4.78, 5) is 8.37. The zero-order chi connectivity index (χ0) is 27.1. The van der Waals surface area contributed by atoms with Gasteiger partial charge in [-0.1, -0.05) is 13.0 Å². The monoisotopic (exact) mass is 545 g/mol. The van der Waals surface area contributed by atoms with Gasteiger partial charge in [0.25, 0.3) is 6.43 Å². The van der Waals surface area contributed by atoms with Gasteiger partial charge in [-0.2, -0.15) is 15.2 Å². The number of fused-ring (bicyclic) bond motifs is 3. The van der Waals surface area contributed by atoms with Crippen LogP contribution in [0.2, 0.25) is 0 Å². The molecule has 1 aliphatic carbocycles. The van der Waals surface area contributed by atoms with Crippen LogP contribution in [0.25, 0.3) is 32.1 Å². The van der Waals surface area contributed by atoms with Crippen LogP contribution in [0.1, 0.15) is 30.9 Å². The van der Waals surface area contributed by atoms with Crippen molar-refractivity contribution in [2.75, 3.05) is 31.3 Å². The number of nitrogens with two attached hydrogens (primary N) is 1. The summed E-state index contributed by atoms with van der Waals surface area (Å²) in [5, 5.41) is 12.9. The highest BCUT2D eigenvalue weighted by Crippen LogP contribution is 2.52. The minimum Gasteiger partial charge on any atom is -0.492 e. The van der Waals surface area contributed by atoms with Crippen molar-refractivity contribution in [1.29, 1.82) is 5.26 Å². The smallest absolute Gasteiger partial charge is 0.318 e. The number of ether oxygens (including phenoxy) is 2. The Balaban J connectivity index is 1.81. The van der Waals surface area contributed by atoms with Gasteiger partial charge in [0.2, 0.25) is 0 Å². The molecule has 2 aromatic carbocycles. The van der Waals surface area contributed by atoms with Crippen LogP contribution in [-0.4, -0.2) is 36.7 Å². The Morgan fingerprint density at radius 3 is 2.68 bits per heavy atom. The van der Waals surface area contributed by atoms with E-state index in [1.165, 1.54) is 19.2 Å². The molecule has 0 spiro atoms. The van der Waals surface area contributed by atoms with E-state index in [9.17, 15) is 18.4 Å². The SMILES string of the molecule is CCC(C#N)CCOc1c2c(c(F)c3nc(OC)nc(NCC(F)F)c13)-c1ccc(F)c3sc(N)c(c13)C2. The number of hydrogen-bond donors (Lipinski definition) is 2. The van der Waals surface area contributed by atoms with E-state index in [1.807, 2.05) is 6.92 Å². The molecule has 0 radical (unpaired) electrons. The maximum absolute atomic E-state index is 16.4.